The second kappa shape index (κ2) is 11.1. The Morgan fingerprint density at radius 1 is 1.00 bits per heavy atom. The normalized spacial score (nSPS) is 27.1. The van der Waals surface area contributed by atoms with E-state index in [1.165, 1.54) is 10.9 Å². The topological polar surface area (TPSA) is 150 Å². The van der Waals surface area contributed by atoms with Crippen LogP contribution in [0.5, 0.6) is 0 Å². The van der Waals surface area contributed by atoms with Crippen molar-refractivity contribution in [1.82, 2.24) is 19.5 Å². The number of aromatic nitrogens is 4. The molecule has 232 valence electrons. The molecule has 0 radical (unpaired) electrons. The van der Waals surface area contributed by atoms with Crippen LogP contribution in [0, 0.1) is 0 Å². The standard InChI is InChI=1S/C23H38F3N5O7SSi2/c1-12(2)40(13(3)4)34-9-16-18(37-41(38-40,14(5)6)15(7)8)19(36-39(32,33)23(24,25)26)22(35-16)31-11-30-17-20(27)28-10-29-21(17)31/h10-16,18-19,22H,9H2,1-8H3,(H2,27,28,29)/t16-,18+,19+,22-/m1/s1. The first kappa shape index (κ1) is 32.2. The summed E-state index contributed by atoms with van der Waals surface area (Å²) in [5.74, 6) is 0.0295. The lowest BCUT2D eigenvalue weighted by molar-refractivity contribution is -0.0694. The third-order valence-electron chi connectivity index (χ3n) is 7.80. The van der Waals surface area contributed by atoms with Crippen molar-refractivity contribution in [2.24, 2.45) is 0 Å². The van der Waals surface area contributed by atoms with Gasteiger partial charge in [-0.1, -0.05) is 55.4 Å². The van der Waals surface area contributed by atoms with Crippen molar-refractivity contribution in [3.63, 3.8) is 0 Å². The molecule has 4 heterocycles. The Kier molecular flexibility index (Phi) is 8.74. The van der Waals surface area contributed by atoms with E-state index in [1.807, 2.05) is 55.4 Å². The predicted octanol–water partition coefficient (Wildman–Crippen LogP) is 4.50. The van der Waals surface area contributed by atoms with Crippen molar-refractivity contribution in [1.29, 1.82) is 0 Å². The van der Waals surface area contributed by atoms with Crippen LogP contribution in [0.2, 0.25) is 22.2 Å². The third kappa shape index (κ3) is 5.45. The number of ether oxygens (including phenoxy) is 1. The number of alkyl halides is 3. The zero-order valence-electron chi connectivity index (χ0n) is 24.2. The second-order valence-corrected chi connectivity index (χ2v) is 22.1. The van der Waals surface area contributed by atoms with Gasteiger partial charge in [0.15, 0.2) is 23.8 Å². The average molecular weight is 642 g/mol. The first-order chi connectivity index (χ1) is 18.9. The first-order valence-corrected chi connectivity index (χ1v) is 18.8. The Morgan fingerprint density at radius 2 is 1.59 bits per heavy atom. The molecule has 2 aromatic heterocycles. The number of anilines is 1. The van der Waals surface area contributed by atoms with E-state index >= 15 is 0 Å². The van der Waals surface area contributed by atoms with Gasteiger partial charge in [0, 0.05) is 0 Å². The Bertz CT molecular complexity index is 1340. The minimum atomic E-state index is -6.07. The van der Waals surface area contributed by atoms with Gasteiger partial charge in [0.2, 0.25) is 0 Å². The lowest BCUT2D eigenvalue weighted by Gasteiger charge is -2.51. The molecule has 0 aliphatic carbocycles. The summed E-state index contributed by atoms with van der Waals surface area (Å²) in [4.78, 5) is 12.2. The number of fused-ring (bicyclic) bond motifs is 2. The highest BCUT2D eigenvalue weighted by Gasteiger charge is 2.63. The summed E-state index contributed by atoms with van der Waals surface area (Å²) in [6, 6.07) is 0. The molecule has 4 rings (SSSR count). The monoisotopic (exact) mass is 641 g/mol. The molecule has 41 heavy (non-hydrogen) atoms. The molecular weight excluding hydrogens is 604 g/mol. The maximum atomic E-state index is 13.6. The van der Waals surface area contributed by atoms with Crippen LogP contribution in [-0.2, 0) is 32.0 Å². The van der Waals surface area contributed by atoms with E-state index in [4.69, 9.17) is 27.6 Å². The highest BCUT2D eigenvalue weighted by molar-refractivity contribution is 7.87. The van der Waals surface area contributed by atoms with Gasteiger partial charge in [-0.2, -0.15) is 21.6 Å². The maximum Gasteiger partial charge on any atom is 0.523 e. The molecule has 2 fully saturated rings. The molecule has 0 saturated carbocycles. The maximum absolute atomic E-state index is 13.6. The summed E-state index contributed by atoms with van der Waals surface area (Å²) in [6.07, 6.45) is -3.12. The number of rotatable bonds is 7. The van der Waals surface area contributed by atoms with E-state index in [2.05, 4.69) is 15.0 Å². The van der Waals surface area contributed by atoms with Gasteiger partial charge >= 0.3 is 32.7 Å². The minimum Gasteiger partial charge on any atom is -0.414 e. The summed E-state index contributed by atoms with van der Waals surface area (Å²) in [5.41, 5.74) is 0.143. The number of hydrogen-bond acceptors (Lipinski definition) is 11. The fraction of sp³-hybridized carbons (Fsp3) is 0.783. The fourth-order valence-corrected chi connectivity index (χ4v) is 17.5. The number of halogens is 3. The number of nitrogen functional groups attached to an aromatic ring is 1. The van der Waals surface area contributed by atoms with Crippen LogP contribution in [0.3, 0.4) is 0 Å². The van der Waals surface area contributed by atoms with Gasteiger partial charge in [0.25, 0.3) is 0 Å². The van der Waals surface area contributed by atoms with Crippen LogP contribution in [0.25, 0.3) is 11.2 Å². The second-order valence-electron chi connectivity index (χ2n) is 11.7. The van der Waals surface area contributed by atoms with Gasteiger partial charge < -0.3 is 23.4 Å². The Hall–Kier alpha value is -1.68. The molecule has 4 atom stereocenters. The zero-order valence-corrected chi connectivity index (χ0v) is 27.1. The molecule has 2 N–H and O–H groups in total. The molecule has 0 bridgehead atoms. The summed E-state index contributed by atoms with van der Waals surface area (Å²) in [6.45, 7) is 15.7. The quantitative estimate of drug-likeness (QED) is 0.259. The van der Waals surface area contributed by atoms with E-state index < -0.39 is 57.3 Å². The Morgan fingerprint density at radius 3 is 2.12 bits per heavy atom. The van der Waals surface area contributed by atoms with Gasteiger partial charge in [0.05, 0.1) is 12.9 Å². The third-order valence-corrected chi connectivity index (χ3v) is 19.1. The van der Waals surface area contributed by atoms with Gasteiger partial charge in [-0.25, -0.2) is 15.0 Å². The van der Waals surface area contributed by atoms with E-state index in [0.717, 1.165) is 6.33 Å². The molecule has 12 nitrogen and oxygen atoms in total. The van der Waals surface area contributed by atoms with Crippen LogP contribution in [0.4, 0.5) is 19.0 Å². The number of hydrogen-bond donors (Lipinski definition) is 1. The summed E-state index contributed by atoms with van der Waals surface area (Å²) in [7, 11) is -12.5. The van der Waals surface area contributed by atoms with E-state index in [0.29, 0.717) is 0 Å². The molecule has 2 aliphatic rings. The fourth-order valence-electron chi connectivity index (χ4n) is 5.71. The molecule has 0 amide bonds. The molecule has 2 aliphatic heterocycles. The number of nitrogens with zero attached hydrogens (tertiary/aromatic N) is 4. The zero-order chi connectivity index (χ0) is 30.7. The van der Waals surface area contributed by atoms with Crippen molar-refractivity contribution in [3.05, 3.63) is 12.7 Å². The lowest BCUT2D eigenvalue weighted by Crippen LogP contribution is -2.66. The van der Waals surface area contributed by atoms with Crippen molar-refractivity contribution in [3.8, 4) is 0 Å². The smallest absolute Gasteiger partial charge is 0.414 e. The first-order valence-electron chi connectivity index (χ1n) is 13.5. The SMILES string of the molecule is CC(C)[Si]1(C(C)C)OC[C@H]2O[C@@H](n3cnc4c(N)ncnc43)[C@@H](OS(=O)(=O)C(F)(F)F)[C@H]2O[Si](C(C)C)(C(C)C)O1. The van der Waals surface area contributed by atoms with E-state index in [-0.39, 0.29) is 45.8 Å². The molecule has 2 aromatic rings. The van der Waals surface area contributed by atoms with Gasteiger partial charge in [-0.15, -0.1) is 0 Å². The molecule has 2 saturated heterocycles. The average Bonchev–Trinajstić information content (AvgIpc) is 3.39. The predicted molar refractivity (Wildman–Crippen MR) is 147 cm³/mol. The van der Waals surface area contributed by atoms with E-state index in [9.17, 15) is 21.6 Å². The lowest BCUT2D eigenvalue weighted by atomic mass is 10.1. The van der Waals surface area contributed by atoms with Crippen LogP contribution in [0.1, 0.15) is 61.6 Å². The van der Waals surface area contributed by atoms with Crippen molar-refractivity contribution < 1.29 is 43.5 Å². The molecule has 0 spiro atoms. The van der Waals surface area contributed by atoms with Gasteiger partial charge in [0.1, 0.15) is 24.1 Å². The summed E-state index contributed by atoms with van der Waals surface area (Å²) < 4.78 is 98.7. The molecule has 18 heteroatoms. The highest BCUT2D eigenvalue weighted by Crippen LogP contribution is 2.49. The Labute approximate surface area is 239 Å². The van der Waals surface area contributed by atoms with Crippen LogP contribution >= 0.6 is 0 Å². The van der Waals surface area contributed by atoms with Crippen molar-refractivity contribution in [2.75, 3.05) is 12.3 Å². The van der Waals surface area contributed by atoms with Gasteiger partial charge in [-0.05, 0) is 22.2 Å². The highest BCUT2D eigenvalue weighted by atomic mass is 32.2. The minimum absolute atomic E-state index is 0.000790. The Balaban J connectivity index is 1.91. The largest absolute Gasteiger partial charge is 0.523 e. The van der Waals surface area contributed by atoms with Crippen molar-refractivity contribution >= 4 is 44.2 Å². The van der Waals surface area contributed by atoms with Gasteiger partial charge in [-0.3, -0.25) is 8.75 Å². The number of imidazole rings is 1. The number of nitrogens with two attached hydrogens (primary N) is 1. The van der Waals surface area contributed by atoms with Crippen molar-refractivity contribution in [2.45, 2.75) is 108 Å². The molecule has 0 unspecified atom stereocenters. The summed E-state index contributed by atoms with van der Waals surface area (Å²) in [5, 5.41) is 0. The van der Waals surface area contributed by atoms with Crippen LogP contribution < -0.4 is 5.73 Å². The van der Waals surface area contributed by atoms with E-state index in [1.54, 1.807) is 0 Å². The molecular formula is C23H38F3N5O7SSi2. The molecule has 0 aromatic carbocycles. The van der Waals surface area contributed by atoms with Crippen LogP contribution in [-0.4, -0.2) is 75.5 Å². The summed E-state index contributed by atoms with van der Waals surface area (Å²) >= 11 is 0. The van der Waals surface area contributed by atoms with Crippen LogP contribution in [0.15, 0.2) is 12.7 Å².